The number of nitrogens with one attached hydrogen (secondary N) is 2. The van der Waals surface area contributed by atoms with Crippen molar-refractivity contribution in [3.8, 4) is 6.07 Å². The van der Waals surface area contributed by atoms with Gasteiger partial charge in [0.2, 0.25) is 5.91 Å². The van der Waals surface area contributed by atoms with Crippen LogP contribution in [0.25, 0.3) is 11.0 Å². The standard InChI is InChI=1S/C23H24N6O2/c24-11-15-1-3-16(4-2-15)19(12-30)28-22(31)18-6-10-29(13-23(18)7-8-23)21-17-5-9-25-20(17)26-14-27-21/h1-5,9,14,18-19,30H,6-8,10,12-13H2,(H,28,31)(H,25,26,27)/t18-,19+/m1/s1. The van der Waals surface area contributed by atoms with E-state index in [-0.39, 0.29) is 23.8 Å². The van der Waals surface area contributed by atoms with Crippen molar-refractivity contribution < 1.29 is 9.90 Å². The summed E-state index contributed by atoms with van der Waals surface area (Å²) in [7, 11) is 0. The van der Waals surface area contributed by atoms with Gasteiger partial charge >= 0.3 is 0 Å². The first kappa shape index (κ1) is 19.5. The quantitative estimate of drug-likeness (QED) is 0.587. The van der Waals surface area contributed by atoms with Gasteiger partial charge in [0.1, 0.15) is 17.8 Å². The Hall–Kier alpha value is -3.44. The predicted molar refractivity (Wildman–Crippen MR) is 115 cm³/mol. The highest BCUT2D eigenvalue weighted by molar-refractivity contribution is 5.88. The lowest BCUT2D eigenvalue weighted by Gasteiger charge is -2.39. The van der Waals surface area contributed by atoms with Gasteiger partial charge in [-0.15, -0.1) is 0 Å². The van der Waals surface area contributed by atoms with Crippen LogP contribution in [0.2, 0.25) is 0 Å². The van der Waals surface area contributed by atoms with Crippen LogP contribution in [0.1, 0.15) is 36.4 Å². The Morgan fingerprint density at radius 3 is 2.84 bits per heavy atom. The van der Waals surface area contributed by atoms with Crippen molar-refractivity contribution in [1.82, 2.24) is 20.3 Å². The molecule has 2 aromatic heterocycles. The molecule has 5 rings (SSSR count). The normalized spacial score (nSPS) is 20.4. The molecule has 0 bridgehead atoms. The van der Waals surface area contributed by atoms with E-state index in [0.29, 0.717) is 5.56 Å². The van der Waals surface area contributed by atoms with Gasteiger partial charge in [-0.25, -0.2) is 9.97 Å². The maximum Gasteiger partial charge on any atom is 0.224 e. The second-order valence-electron chi connectivity index (χ2n) is 8.54. The molecule has 1 aliphatic heterocycles. The van der Waals surface area contributed by atoms with E-state index < -0.39 is 6.04 Å². The molecule has 31 heavy (non-hydrogen) atoms. The number of hydrogen-bond acceptors (Lipinski definition) is 6. The molecule has 0 radical (unpaired) electrons. The number of benzene rings is 1. The van der Waals surface area contributed by atoms with Crippen LogP contribution in [-0.4, -0.2) is 45.7 Å². The Balaban J connectivity index is 1.31. The van der Waals surface area contributed by atoms with Gasteiger partial charge in [0, 0.05) is 25.2 Å². The van der Waals surface area contributed by atoms with Crippen LogP contribution in [0.15, 0.2) is 42.9 Å². The largest absolute Gasteiger partial charge is 0.394 e. The number of rotatable bonds is 5. The topological polar surface area (TPSA) is 118 Å². The predicted octanol–water partition coefficient (Wildman–Crippen LogP) is 2.29. The first-order valence-electron chi connectivity index (χ1n) is 10.6. The lowest BCUT2D eigenvalue weighted by molar-refractivity contribution is -0.129. The molecule has 2 aliphatic rings. The van der Waals surface area contributed by atoms with Gasteiger partial charge in [-0.2, -0.15) is 5.26 Å². The monoisotopic (exact) mass is 416 g/mol. The van der Waals surface area contributed by atoms with E-state index in [1.165, 1.54) is 0 Å². The summed E-state index contributed by atoms with van der Waals surface area (Å²) in [6.45, 7) is 1.36. The van der Waals surface area contributed by atoms with E-state index in [1.807, 2.05) is 12.3 Å². The fourth-order valence-corrected chi connectivity index (χ4v) is 4.82. The summed E-state index contributed by atoms with van der Waals surface area (Å²) >= 11 is 0. The maximum absolute atomic E-state index is 13.2. The van der Waals surface area contributed by atoms with Crippen molar-refractivity contribution in [2.24, 2.45) is 11.3 Å². The van der Waals surface area contributed by atoms with Crippen LogP contribution in [0.3, 0.4) is 0 Å². The highest BCUT2D eigenvalue weighted by Crippen LogP contribution is 2.56. The van der Waals surface area contributed by atoms with E-state index in [9.17, 15) is 9.90 Å². The maximum atomic E-state index is 13.2. The number of nitrogens with zero attached hydrogens (tertiary/aromatic N) is 4. The summed E-state index contributed by atoms with van der Waals surface area (Å²) in [5.74, 6) is 0.831. The van der Waals surface area contributed by atoms with E-state index in [0.717, 1.165) is 54.8 Å². The van der Waals surface area contributed by atoms with Crippen molar-refractivity contribution in [3.63, 3.8) is 0 Å². The minimum absolute atomic E-state index is 0.00459. The molecule has 1 aromatic carbocycles. The molecular weight excluding hydrogens is 392 g/mol. The number of amides is 1. The molecule has 1 saturated carbocycles. The Morgan fingerprint density at radius 1 is 1.32 bits per heavy atom. The fourth-order valence-electron chi connectivity index (χ4n) is 4.82. The Labute approximate surface area is 179 Å². The fraction of sp³-hybridized carbons (Fsp3) is 0.391. The van der Waals surface area contributed by atoms with Gasteiger partial charge in [0.05, 0.1) is 29.7 Å². The summed E-state index contributed by atoms with van der Waals surface area (Å²) in [6, 6.07) is 10.6. The number of hydrogen-bond donors (Lipinski definition) is 3. The SMILES string of the molecule is N#Cc1ccc([C@H](CO)NC(=O)[C@H]2CCN(c3ncnc4[nH]ccc34)CC23CC3)cc1. The molecule has 3 aromatic rings. The number of carbonyl (C=O) groups excluding carboxylic acids is 1. The molecule has 0 unspecified atom stereocenters. The van der Waals surface area contributed by atoms with Crippen LogP contribution < -0.4 is 10.2 Å². The van der Waals surface area contributed by atoms with Gasteiger partial charge in [0.15, 0.2) is 0 Å². The van der Waals surface area contributed by atoms with Crippen molar-refractivity contribution in [3.05, 3.63) is 54.0 Å². The van der Waals surface area contributed by atoms with Crippen molar-refractivity contribution >= 4 is 22.8 Å². The number of aromatic amines is 1. The van der Waals surface area contributed by atoms with Gasteiger partial charge in [-0.3, -0.25) is 4.79 Å². The number of piperidine rings is 1. The number of aliphatic hydroxyl groups is 1. The molecule has 8 heteroatoms. The Bertz CT molecular complexity index is 1140. The molecule has 1 aliphatic carbocycles. The molecule has 8 nitrogen and oxygen atoms in total. The molecule has 1 spiro atoms. The zero-order chi connectivity index (χ0) is 21.4. The summed E-state index contributed by atoms with van der Waals surface area (Å²) in [5.41, 5.74) is 2.13. The minimum Gasteiger partial charge on any atom is -0.394 e. The van der Waals surface area contributed by atoms with Crippen LogP contribution in [0.4, 0.5) is 5.82 Å². The molecular formula is C23H24N6O2. The van der Waals surface area contributed by atoms with E-state index in [2.05, 4.69) is 31.2 Å². The third kappa shape index (κ3) is 3.51. The van der Waals surface area contributed by atoms with Crippen LogP contribution in [0, 0.1) is 22.7 Å². The molecule has 3 N–H and O–H groups in total. The van der Waals surface area contributed by atoms with Gasteiger partial charge in [-0.05, 0) is 48.4 Å². The number of carbonyl (C=O) groups is 1. The van der Waals surface area contributed by atoms with Gasteiger partial charge < -0.3 is 20.3 Å². The van der Waals surface area contributed by atoms with E-state index in [1.54, 1.807) is 30.6 Å². The van der Waals surface area contributed by atoms with Crippen LogP contribution in [0.5, 0.6) is 0 Å². The zero-order valence-electron chi connectivity index (χ0n) is 17.1. The average Bonchev–Trinajstić information content (AvgIpc) is 3.38. The van der Waals surface area contributed by atoms with Crippen molar-refractivity contribution in [1.29, 1.82) is 5.26 Å². The highest BCUT2D eigenvalue weighted by Gasteiger charge is 2.55. The third-order valence-electron chi connectivity index (χ3n) is 6.72. The first-order valence-corrected chi connectivity index (χ1v) is 10.6. The van der Waals surface area contributed by atoms with Crippen LogP contribution in [-0.2, 0) is 4.79 Å². The number of nitriles is 1. The molecule has 158 valence electrons. The van der Waals surface area contributed by atoms with Crippen molar-refractivity contribution in [2.45, 2.75) is 25.3 Å². The highest BCUT2D eigenvalue weighted by atomic mass is 16.3. The second kappa shape index (κ2) is 7.67. The smallest absolute Gasteiger partial charge is 0.224 e. The molecule has 1 amide bonds. The number of aromatic nitrogens is 3. The Kier molecular flexibility index (Phi) is 4.83. The van der Waals surface area contributed by atoms with Gasteiger partial charge in [-0.1, -0.05) is 12.1 Å². The summed E-state index contributed by atoms with van der Waals surface area (Å²) in [4.78, 5) is 27.4. The first-order chi connectivity index (χ1) is 15.1. The lowest BCUT2D eigenvalue weighted by Crippen LogP contribution is -2.49. The van der Waals surface area contributed by atoms with E-state index in [4.69, 9.17) is 5.26 Å². The molecule has 3 heterocycles. The number of fused-ring (bicyclic) bond motifs is 1. The molecule has 1 saturated heterocycles. The average molecular weight is 416 g/mol. The zero-order valence-corrected chi connectivity index (χ0v) is 17.1. The third-order valence-corrected chi connectivity index (χ3v) is 6.72. The molecule has 2 atom stereocenters. The lowest BCUT2D eigenvalue weighted by atomic mass is 9.81. The van der Waals surface area contributed by atoms with Crippen molar-refractivity contribution in [2.75, 3.05) is 24.6 Å². The number of anilines is 1. The van der Waals surface area contributed by atoms with Crippen LogP contribution >= 0.6 is 0 Å². The van der Waals surface area contributed by atoms with E-state index >= 15 is 0 Å². The summed E-state index contributed by atoms with van der Waals surface area (Å²) < 4.78 is 0. The number of H-pyrrole nitrogens is 1. The summed E-state index contributed by atoms with van der Waals surface area (Å²) in [6.07, 6.45) is 6.23. The molecule has 2 fully saturated rings. The van der Waals surface area contributed by atoms with Gasteiger partial charge in [0.25, 0.3) is 0 Å². The second-order valence-corrected chi connectivity index (χ2v) is 8.54. The summed E-state index contributed by atoms with van der Waals surface area (Å²) in [5, 5.41) is 22.9. The minimum atomic E-state index is -0.476. The Morgan fingerprint density at radius 2 is 2.13 bits per heavy atom. The number of aliphatic hydroxyl groups excluding tert-OH is 1.